The summed E-state index contributed by atoms with van der Waals surface area (Å²) in [5.74, 6) is 2.06. The van der Waals surface area contributed by atoms with E-state index in [1.165, 1.54) is 5.69 Å². The van der Waals surface area contributed by atoms with E-state index in [0.717, 1.165) is 44.3 Å². The van der Waals surface area contributed by atoms with Gasteiger partial charge in [0.25, 0.3) is 0 Å². The van der Waals surface area contributed by atoms with Crippen LogP contribution < -0.4 is 9.64 Å². The van der Waals surface area contributed by atoms with Crippen LogP contribution in [0.5, 0.6) is 5.75 Å². The third-order valence-corrected chi connectivity index (χ3v) is 4.87. The predicted octanol–water partition coefficient (Wildman–Crippen LogP) is 3.01. The standard InChI is InChI=1S/C19H28N4O/c1-5-22-11-10-20-18(22)14-21-12-13-23(19(2,3)15-21)16-6-8-17(24-4)9-7-16/h6-11H,5,12-15H2,1-4H3. The molecule has 2 aromatic rings. The fourth-order valence-corrected chi connectivity index (χ4v) is 3.61. The molecule has 1 aromatic heterocycles. The highest BCUT2D eigenvalue weighted by Crippen LogP contribution is 2.29. The van der Waals surface area contributed by atoms with Crippen molar-refractivity contribution in [3.8, 4) is 5.75 Å². The van der Waals surface area contributed by atoms with Gasteiger partial charge in [0.05, 0.1) is 13.7 Å². The first-order valence-corrected chi connectivity index (χ1v) is 8.67. The SMILES string of the molecule is CCn1ccnc1CN1CCN(c2ccc(OC)cc2)C(C)(C)C1. The van der Waals surface area contributed by atoms with Crippen LogP contribution in [0.15, 0.2) is 36.7 Å². The minimum atomic E-state index is 0.0798. The first kappa shape index (κ1) is 16.8. The van der Waals surface area contributed by atoms with Gasteiger partial charge in [0.1, 0.15) is 11.6 Å². The highest BCUT2D eigenvalue weighted by atomic mass is 16.5. The largest absolute Gasteiger partial charge is 0.497 e. The van der Waals surface area contributed by atoms with E-state index in [-0.39, 0.29) is 5.54 Å². The number of rotatable bonds is 5. The zero-order valence-electron chi connectivity index (χ0n) is 15.2. The van der Waals surface area contributed by atoms with Crippen LogP contribution in [0, 0.1) is 0 Å². The van der Waals surface area contributed by atoms with Gasteiger partial charge >= 0.3 is 0 Å². The van der Waals surface area contributed by atoms with Crippen LogP contribution in [0.3, 0.4) is 0 Å². The zero-order valence-corrected chi connectivity index (χ0v) is 15.2. The number of benzene rings is 1. The summed E-state index contributed by atoms with van der Waals surface area (Å²) in [4.78, 5) is 9.52. The molecule has 0 N–H and O–H groups in total. The maximum Gasteiger partial charge on any atom is 0.122 e. The quantitative estimate of drug-likeness (QED) is 0.845. The molecule has 1 saturated heterocycles. The Labute approximate surface area is 144 Å². The molecule has 0 amide bonds. The molecule has 0 bridgehead atoms. The topological polar surface area (TPSA) is 33.5 Å². The Kier molecular flexibility index (Phi) is 4.81. The third-order valence-electron chi connectivity index (χ3n) is 4.87. The lowest BCUT2D eigenvalue weighted by Crippen LogP contribution is -2.59. The molecular formula is C19H28N4O. The van der Waals surface area contributed by atoms with Gasteiger partial charge in [0, 0.05) is 49.8 Å². The van der Waals surface area contributed by atoms with Crippen molar-refractivity contribution in [3.05, 3.63) is 42.5 Å². The second-order valence-corrected chi connectivity index (χ2v) is 7.00. The Bertz CT molecular complexity index is 662. The van der Waals surface area contributed by atoms with Crippen LogP contribution in [0.4, 0.5) is 5.69 Å². The summed E-state index contributed by atoms with van der Waals surface area (Å²) >= 11 is 0. The molecular weight excluding hydrogens is 300 g/mol. The Morgan fingerprint density at radius 1 is 1.17 bits per heavy atom. The van der Waals surface area contributed by atoms with Crippen molar-refractivity contribution in [3.63, 3.8) is 0 Å². The molecule has 1 aromatic carbocycles. The van der Waals surface area contributed by atoms with E-state index in [1.54, 1.807) is 7.11 Å². The first-order chi connectivity index (χ1) is 11.5. The maximum absolute atomic E-state index is 5.27. The minimum Gasteiger partial charge on any atom is -0.497 e. The zero-order chi connectivity index (χ0) is 17.2. The minimum absolute atomic E-state index is 0.0798. The van der Waals surface area contributed by atoms with Gasteiger partial charge in [-0.25, -0.2) is 4.98 Å². The van der Waals surface area contributed by atoms with Gasteiger partial charge < -0.3 is 14.2 Å². The van der Waals surface area contributed by atoms with Gasteiger partial charge in [0.2, 0.25) is 0 Å². The van der Waals surface area contributed by atoms with Crippen LogP contribution in [0.1, 0.15) is 26.6 Å². The number of aromatic nitrogens is 2. The average molecular weight is 328 g/mol. The number of hydrogen-bond donors (Lipinski definition) is 0. The molecule has 0 aliphatic carbocycles. The summed E-state index contributed by atoms with van der Waals surface area (Å²) in [7, 11) is 1.71. The van der Waals surface area contributed by atoms with Gasteiger partial charge in [-0.3, -0.25) is 4.90 Å². The maximum atomic E-state index is 5.27. The van der Waals surface area contributed by atoms with Crippen molar-refractivity contribution in [1.82, 2.24) is 14.5 Å². The monoisotopic (exact) mass is 328 g/mol. The van der Waals surface area contributed by atoms with Crippen molar-refractivity contribution in [2.24, 2.45) is 0 Å². The summed E-state index contributed by atoms with van der Waals surface area (Å²) in [6.07, 6.45) is 3.96. The lowest BCUT2D eigenvalue weighted by Gasteiger charge is -2.48. The van der Waals surface area contributed by atoms with Crippen LogP contribution >= 0.6 is 0 Å². The van der Waals surface area contributed by atoms with E-state index in [1.807, 2.05) is 18.3 Å². The van der Waals surface area contributed by atoms with E-state index >= 15 is 0 Å². The molecule has 2 heterocycles. The number of imidazole rings is 1. The molecule has 0 radical (unpaired) electrons. The number of hydrogen-bond acceptors (Lipinski definition) is 4. The number of nitrogens with zero attached hydrogens (tertiary/aromatic N) is 4. The van der Waals surface area contributed by atoms with Gasteiger partial charge in [0.15, 0.2) is 0 Å². The van der Waals surface area contributed by atoms with E-state index < -0.39 is 0 Å². The van der Waals surface area contributed by atoms with Gasteiger partial charge in [-0.15, -0.1) is 0 Å². The fraction of sp³-hybridized carbons (Fsp3) is 0.526. The van der Waals surface area contributed by atoms with E-state index in [4.69, 9.17) is 4.74 Å². The van der Waals surface area contributed by atoms with Crippen LogP contribution in [-0.2, 0) is 13.1 Å². The number of piperazine rings is 1. The van der Waals surface area contributed by atoms with Crippen molar-refractivity contribution in [2.75, 3.05) is 31.6 Å². The number of aryl methyl sites for hydroxylation is 1. The van der Waals surface area contributed by atoms with Crippen molar-refractivity contribution < 1.29 is 4.74 Å². The molecule has 3 rings (SSSR count). The second-order valence-electron chi connectivity index (χ2n) is 7.00. The molecule has 130 valence electrons. The van der Waals surface area contributed by atoms with E-state index in [0.29, 0.717) is 0 Å². The molecule has 24 heavy (non-hydrogen) atoms. The molecule has 1 aliphatic rings. The van der Waals surface area contributed by atoms with Gasteiger partial charge in [-0.2, -0.15) is 0 Å². The van der Waals surface area contributed by atoms with Crippen LogP contribution in [-0.4, -0.2) is 46.7 Å². The Balaban J connectivity index is 1.70. The first-order valence-electron chi connectivity index (χ1n) is 8.67. The van der Waals surface area contributed by atoms with Crippen LogP contribution in [0.2, 0.25) is 0 Å². The smallest absolute Gasteiger partial charge is 0.122 e. The molecule has 0 saturated carbocycles. The third kappa shape index (κ3) is 3.41. The lowest BCUT2D eigenvalue weighted by atomic mass is 9.97. The van der Waals surface area contributed by atoms with Crippen LogP contribution in [0.25, 0.3) is 0 Å². The normalized spacial score (nSPS) is 17.9. The highest BCUT2D eigenvalue weighted by molar-refractivity contribution is 5.51. The number of methoxy groups -OCH3 is 1. The van der Waals surface area contributed by atoms with Crippen molar-refractivity contribution >= 4 is 5.69 Å². The average Bonchev–Trinajstić information content (AvgIpc) is 3.01. The Morgan fingerprint density at radius 3 is 2.54 bits per heavy atom. The molecule has 5 heteroatoms. The number of anilines is 1. The molecule has 0 unspecified atom stereocenters. The predicted molar refractivity (Wildman–Crippen MR) is 97.6 cm³/mol. The lowest BCUT2D eigenvalue weighted by molar-refractivity contribution is 0.170. The molecule has 0 atom stereocenters. The summed E-state index contributed by atoms with van der Waals surface area (Å²) in [5.41, 5.74) is 1.34. The fourth-order valence-electron chi connectivity index (χ4n) is 3.61. The van der Waals surface area contributed by atoms with E-state index in [2.05, 4.69) is 58.5 Å². The summed E-state index contributed by atoms with van der Waals surface area (Å²) in [6, 6.07) is 8.38. The summed E-state index contributed by atoms with van der Waals surface area (Å²) in [5, 5.41) is 0. The molecule has 5 nitrogen and oxygen atoms in total. The highest BCUT2D eigenvalue weighted by Gasteiger charge is 2.34. The van der Waals surface area contributed by atoms with Gasteiger partial charge in [-0.1, -0.05) is 0 Å². The van der Waals surface area contributed by atoms with E-state index in [9.17, 15) is 0 Å². The van der Waals surface area contributed by atoms with Crippen molar-refractivity contribution in [2.45, 2.75) is 39.4 Å². The number of ether oxygens (including phenoxy) is 1. The van der Waals surface area contributed by atoms with Gasteiger partial charge in [-0.05, 0) is 45.0 Å². The summed E-state index contributed by atoms with van der Waals surface area (Å²) < 4.78 is 7.50. The Morgan fingerprint density at radius 2 is 1.92 bits per heavy atom. The Hall–Kier alpha value is -2.01. The molecule has 1 aliphatic heterocycles. The summed E-state index contributed by atoms with van der Waals surface area (Å²) in [6.45, 7) is 11.8. The van der Waals surface area contributed by atoms with Crippen molar-refractivity contribution in [1.29, 1.82) is 0 Å². The molecule has 1 fully saturated rings. The second kappa shape index (κ2) is 6.85. The molecule has 0 spiro atoms.